The molecule has 1 N–H and O–H groups in total. The first kappa shape index (κ1) is 10.4. The van der Waals surface area contributed by atoms with Crippen LogP contribution in [0.15, 0.2) is 0 Å². The summed E-state index contributed by atoms with van der Waals surface area (Å²) in [4.78, 5) is 0. The Morgan fingerprint density at radius 3 is 2.50 bits per heavy atom. The van der Waals surface area contributed by atoms with Crippen molar-refractivity contribution in [1.82, 2.24) is 4.72 Å². The second kappa shape index (κ2) is 4.55. The number of alkyl halides is 1. The highest BCUT2D eigenvalue weighted by Crippen LogP contribution is 2.08. The first-order valence-electron chi connectivity index (χ1n) is 3.78. The maximum atomic E-state index is 11.1. The molecule has 0 atom stereocenters. The molecule has 0 radical (unpaired) electrons. The van der Waals surface area contributed by atoms with E-state index in [1.807, 2.05) is 0 Å². The summed E-state index contributed by atoms with van der Waals surface area (Å²) >= 11 is 2.92. The van der Waals surface area contributed by atoms with Gasteiger partial charge in [0, 0.05) is 19.3 Å². The average molecular weight is 258 g/mol. The number of halogens is 1. The average Bonchev–Trinajstić information content (AvgIpc) is 2.06. The predicted octanol–water partition coefficient (Wildman–Crippen LogP) is 0.437. The van der Waals surface area contributed by atoms with E-state index in [4.69, 9.17) is 4.74 Å². The van der Waals surface area contributed by atoms with E-state index in [0.717, 1.165) is 12.8 Å². The molecular formula is C6H12BrNO3S. The van der Waals surface area contributed by atoms with Crippen LogP contribution in [0.2, 0.25) is 0 Å². The third kappa shape index (κ3) is 3.38. The fourth-order valence-electron chi connectivity index (χ4n) is 1.10. The Balaban J connectivity index is 2.39. The van der Waals surface area contributed by atoms with Crippen molar-refractivity contribution in [1.29, 1.82) is 0 Å². The molecule has 0 aromatic rings. The Hall–Kier alpha value is 0.350. The minimum atomic E-state index is -3.11. The van der Waals surface area contributed by atoms with Crippen molar-refractivity contribution < 1.29 is 13.2 Å². The highest BCUT2D eigenvalue weighted by Gasteiger charge is 2.18. The van der Waals surface area contributed by atoms with Gasteiger partial charge in [-0.15, -0.1) is 0 Å². The molecule has 0 unspecified atom stereocenters. The number of hydrogen-bond donors (Lipinski definition) is 1. The van der Waals surface area contributed by atoms with Crippen LogP contribution < -0.4 is 4.72 Å². The van der Waals surface area contributed by atoms with E-state index in [9.17, 15) is 8.42 Å². The zero-order valence-electron chi connectivity index (χ0n) is 6.62. The van der Waals surface area contributed by atoms with Gasteiger partial charge in [0.2, 0.25) is 10.0 Å². The van der Waals surface area contributed by atoms with E-state index in [2.05, 4.69) is 20.7 Å². The van der Waals surface area contributed by atoms with E-state index in [1.54, 1.807) is 0 Å². The Morgan fingerprint density at radius 1 is 1.42 bits per heavy atom. The van der Waals surface area contributed by atoms with Gasteiger partial charge in [-0.3, -0.25) is 0 Å². The molecule has 1 aliphatic rings. The van der Waals surface area contributed by atoms with Gasteiger partial charge in [0.15, 0.2) is 0 Å². The maximum absolute atomic E-state index is 11.1. The predicted molar refractivity (Wildman–Crippen MR) is 49.7 cm³/mol. The fraction of sp³-hybridized carbons (Fsp3) is 1.00. The minimum absolute atomic E-state index is 0.0304. The van der Waals surface area contributed by atoms with Crippen molar-refractivity contribution in [3.05, 3.63) is 0 Å². The Morgan fingerprint density at radius 2 is 2.00 bits per heavy atom. The molecule has 6 heteroatoms. The smallest absolute Gasteiger partial charge is 0.221 e. The van der Waals surface area contributed by atoms with E-state index in [0.29, 0.717) is 13.2 Å². The summed E-state index contributed by atoms with van der Waals surface area (Å²) in [5, 5.41) is 0. The molecule has 0 bridgehead atoms. The van der Waals surface area contributed by atoms with Gasteiger partial charge in [-0.05, 0) is 12.8 Å². The first-order valence-corrected chi connectivity index (χ1v) is 6.55. The molecule has 0 amide bonds. The highest BCUT2D eigenvalue weighted by molar-refractivity contribution is 9.10. The summed E-state index contributed by atoms with van der Waals surface area (Å²) < 4.78 is 29.8. The molecule has 4 nitrogen and oxygen atoms in total. The molecule has 12 heavy (non-hydrogen) atoms. The Kier molecular flexibility index (Phi) is 3.95. The standard InChI is InChI=1S/C6H12BrNO3S/c7-5-12(9,10)8-6-1-3-11-4-2-6/h6,8H,1-5H2. The third-order valence-corrected chi connectivity index (χ3v) is 4.50. The third-order valence-electron chi connectivity index (χ3n) is 1.71. The second-order valence-electron chi connectivity index (χ2n) is 2.73. The largest absolute Gasteiger partial charge is 0.381 e. The number of rotatable bonds is 3. The topological polar surface area (TPSA) is 55.4 Å². The molecule has 0 spiro atoms. The molecule has 1 heterocycles. The highest BCUT2D eigenvalue weighted by atomic mass is 79.9. The molecule has 1 aliphatic heterocycles. The fourth-order valence-corrected chi connectivity index (χ4v) is 2.30. The lowest BCUT2D eigenvalue weighted by molar-refractivity contribution is 0.0832. The van der Waals surface area contributed by atoms with Crippen molar-refractivity contribution >= 4 is 26.0 Å². The Labute approximate surface area is 80.8 Å². The number of sulfonamides is 1. The number of nitrogens with one attached hydrogen (secondary N) is 1. The quantitative estimate of drug-likeness (QED) is 0.747. The number of hydrogen-bond acceptors (Lipinski definition) is 3. The van der Waals surface area contributed by atoms with Gasteiger partial charge in [-0.2, -0.15) is 0 Å². The molecule has 0 saturated carbocycles. The SMILES string of the molecule is O=S(=O)(CBr)NC1CCOCC1. The molecular weight excluding hydrogens is 246 g/mol. The lowest BCUT2D eigenvalue weighted by Gasteiger charge is -2.22. The molecule has 1 saturated heterocycles. The monoisotopic (exact) mass is 257 g/mol. The second-order valence-corrected chi connectivity index (χ2v) is 5.79. The van der Waals surface area contributed by atoms with E-state index in [1.165, 1.54) is 0 Å². The van der Waals surface area contributed by atoms with Crippen LogP contribution in [-0.4, -0.2) is 32.3 Å². The molecule has 0 aliphatic carbocycles. The zero-order chi connectivity index (χ0) is 9.03. The van der Waals surface area contributed by atoms with Crippen LogP contribution in [0.25, 0.3) is 0 Å². The van der Waals surface area contributed by atoms with Gasteiger partial charge in [-0.25, -0.2) is 13.1 Å². The van der Waals surface area contributed by atoms with Gasteiger partial charge in [0.25, 0.3) is 0 Å². The summed E-state index contributed by atoms with van der Waals surface area (Å²) in [5.41, 5.74) is 0. The van der Waals surface area contributed by atoms with Crippen LogP contribution >= 0.6 is 15.9 Å². The summed E-state index contributed by atoms with van der Waals surface area (Å²) in [7, 11) is -3.11. The van der Waals surface area contributed by atoms with Crippen LogP contribution in [0, 0.1) is 0 Å². The van der Waals surface area contributed by atoms with Gasteiger partial charge in [0.1, 0.15) is 4.66 Å². The molecule has 72 valence electrons. The van der Waals surface area contributed by atoms with Crippen LogP contribution in [0.5, 0.6) is 0 Å². The van der Waals surface area contributed by atoms with Crippen molar-refractivity contribution in [3.8, 4) is 0 Å². The summed E-state index contributed by atoms with van der Waals surface area (Å²) in [6, 6.07) is 0.0568. The minimum Gasteiger partial charge on any atom is -0.381 e. The summed E-state index contributed by atoms with van der Waals surface area (Å²) in [5.74, 6) is 0. The van der Waals surface area contributed by atoms with Crippen LogP contribution in [-0.2, 0) is 14.8 Å². The summed E-state index contributed by atoms with van der Waals surface area (Å²) in [6.07, 6.45) is 1.54. The van der Waals surface area contributed by atoms with E-state index in [-0.39, 0.29) is 10.7 Å². The van der Waals surface area contributed by atoms with Crippen molar-refractivity contribution in [2.45, 2.75) is 18.9 Å². The van der Waals surface area contributed by atoms with E-state index >= 15 is 0 Å². The molecule has 1 fully saturated rings. The molecule has 1 rings (SSSR count). The van der Waals surface area contributed by atoms with Crippen LogP contribution in [0.3, 0.4) is 0 Å². The summed E-state index contributed by atoms with van der Waals surface area (Å²) in [6.45, 7) is 1.30. The van der Waals surface area contributed by atoms with Gasteiger partial charge in [-0.1, -0.05) is 15.9 Å². The van der Waals surface area contributed by atoms with Crippen molar-refractivity contribution in [2.75, 3.05) is 17.9 Å². The van der Waals surface area contributed by atoms with Crippen molar-refractivity contribution in [2.24, 2.45) is 0 Å². The van der Waals surface area contributed by atoms with E-state index < -0.39 is 10.0 Å². The van der Waals surface area contributed by atoms with Crippen LogP contribution in [0.4, 0.5) is 0 Å². The normalized spacial score (nSPS) is 21.1. The zero-order valence-corrected chi connectivity index (χ0v) is 9.03. The van der Waals surface area contributed by atoms with Crippen LogP contribution in [0.1, 0.15) is 12.8 Å². The van der Waals surface area contributed by atoms with Gasteiger partial charge < -0.3 is 4.74 Å². The first-order chi connectivity index (χ1) is 5.64. The van der Waals surface area contributed by atoms with Crippen molar-refractivity contribution in [3.63, 3.8) is 0 Å². The van der Waals surface area contributed by atoms with Gasteiger partial charge in [0.05, 0.1) is 0 Å². The molecule has 0 aromatic carbocycles. The number of ether oxygens (including phenoxy) is 1. The van der Waals surface area contributed by atoms with Gasteiger partial charge >= 0.3 is 0 Å². The lowest BCUT2D eigenvalue weighted by atomic mass is 10.1. The molecule has 0 aromatic heterocycles. The maximum Gasteiger partial charge on any atom is 0.221 e. The Bertz CT molecular complexity index is 223. The lowest BCUT2D eigenvalue weighted by Crippen LogP contribution is -2.39.